The average molecular weight is 285 g/mol. The molecule has 96 valence electrons. The number of hydrazine groups is 1. The van der Waals surface area contributed by atoms with E-state index in [0.29, 0.717) is 17.0 Å². The molecule has 2 aromatic rings. The van der Waals surface area contributed by atoms with E-state index in [0.717, 1.165) is 6.42 Å². The molecule has 0 aliphatic rings. The molecule has 1 unspecified atom stereocenters. The summed E-state index contributed by atoms with van der Waals surface area (Å²) < 4.78 is 13.7. The Bertz CT molecular complexity index is 481. The maximum Gasteiger partial charge on any atom is 0.127 e. The normalized spacial score (nSPS) is 12.6. The highest BCUT2D eigenvalue weighted by molar-refractivity contribution is 7.07. The Labute approximate surface area is 115 Å². The van der Waals surface area contributed by atoms with Crippen molar-refractivity contribution in [3.63, 3.8) is 0 Å². The molecule has 0 aliphatic heterocycles. The summed E-state index contributed by atoms with van der Waals surface area (Å²) in [6.07, 6.45) is 1.22. The predicted octanol–water partition coefficient (Wildman–Crippen LogP) is 3.16. The van der Waals surface area contributed by atoms with E-state index in [4.69, 9.17) is 17.4 Å². The average Bonchev–Trinajstić information content (AvgIpc) is 2.85. The minimum Gasteiger partial charge on any atom is -0.271 e. The topological polar surface area (TPSA) is 38.0 Å². The monoisotopic (exact) mass is 284 g/mol. The molecule has 2 nitrogen and oxygen atoms in total. The number of hydrogen-bond donors (Lipinski definition) is 2. The molecule has 0 aliphatic carbocycles. The highest BCUT2D eigenvalue weighted by atomic mass is 35.5. The van der Waals surface area contributed by atoms with Crippen molar-refractivity contribution in [3.8, 4) is 0 Å². The van der Waals surface area contributed by atoms with Crippen molar-refractivity contribution < 1.29 is 4.39 Å². The summed E-state index contributed by atoms with van der Waals surface area (Å²) in [5, 5.41) is 4.52. The lowest BCUT2D eigenvalue weighted by Gasteiger charge is -2.16. The van der Waals surface area contributed by atoms with Crippen LogP contribution >= 0.6 is 22.9 Å². The van der Waals surface area contributed by atoms with Gasteiger partial charge in [-0.1, -0.05) is 17.7 Å². The first-order valence-corrected chi connectivity index (χ1v) is 6.93. The standard InChI is InChI=1S/C13H14ClFN2S/c14-12-2-1-3-13(15)11(12)7-10(17-16)6-9-4-5-18-8-9/h1-5,8,10,17H,6-7,16H2. The van der Waals surface area contributed by atoms with E-state index in [9.17, 15) is 4.39 Å². The van der Waals surface area contributed by atoms with Gasteiger partial charge >= 0.3 is 0 Å². The molecule has 0 amide bonds. The van der Waals surface area contributed by atoms with Crippen molar-refractivity contribution in [2.24, 2.45) is 5.84 Å². The van der Waals surface area contributed by atoms with Crippen molar-refractivity contribution in [1.82, 2.24) is 5.43 Å². The van der Waals surface area contributed by atoms with E-state index < -0.39 is 0 Å². The third-order valence-electron chi connectivity index (χ3n) is 2.81. The fourth-order valence-corrected chi connectivity index (χ4v) is 2.78. The van der Waals surface area contributed by atoms with Crippen molar-refractivity contribution in [3.05, 3.63) is 57.0 Å². The zero-order chi connectivity index (χ0) is 13.0. The molecular formula is C13H14ClFN2S. The zero-order valence-corrected chi connectivity index (χ0v) is 11.3. The minimum absolute atomic E-state index is 0.0333. The summed E-state index contributed by atoms with van der Waals surface area (Å²) >= 11 is 7.64. The largest absolute Gasteiger partial charge is 0.271 e. The van der Waals surface area contributed by atoms with Gasteiger partial charge in [-0.2, -0.15) is 11.3 Å². The van der Waals surface area contributed by atoms with E-state index in [1.807, 2.05) is 11.4 Å². The molecule has 5 heteroatoms. The number of halogens is 2. The molecule has 1 atom stereocenters. The van der Waals surface area contributed by atoms with Crippen LogP contribution in [-0.2, 0) is 12.8 Å². The number of rotatable bonds is 5. The first-order valence-electron chi connectivity index (χ1n) is 5.61. The van der Waals surface area contributed by atoms with Crippen LogP contribution in [0.2, 0.25) is 5.02 Å². The molecule has 1 heterocycles. The predicted molar refractivity (Wildman–Crippen MR) is 74.2 cm³/mol. The Balaban J connectivity index is 2.10. The molecule has 1 aromatic heterocycles. The van der Waals surface area contributed by atoms with E-state index >= 15 is 0 Å². The molecule has 0 saturated carbocycles. The molecule has 18 heavy (non-hydrogen) atoms. The first kappa shape index (κ1) is 13.5. The number of benzene rings is 1. The van der Waals surface area contributed by atoms with Crippen LogP contribution in [0.4, 0.5) is 4.39 Å². The molecule has 0 radical (unpaired) electrons. The van der Waals surface area contributed by atoms with E-state index in [-0.39, 0.29) is 11.9 Å². The SMILES string of the molecule is NNC(Cc1ccsc1)Cc1c(F)cccc1Cl. The summed E-state index contributed by atoms with van der Waals surface area (Å²) in [6, 6.07) is 6.72. The van der Waals surface area contributed by atoms with Crippen LogP contribution in [0.3, 0.4) is 0 Å². The van der Waals surface area contributed by atoms with Gasteiger partial charge < -0.3 is 0 Å². The molecule has 2 rings (SSSR count). The van der Waals surface area contributed by atoms with Gasteiger partial charge in [0.15, 0.2) is 0 Å². The second-order valence-corrected chi connectivity index (χ2v) is 5.29. The Morgan fingerprint density at radius 2 is 2.17 bits per heavy atom. The molecule has 3 N–H and O–H groups in total. The third-order valence-corrected chi connectivity index (χ3v) is 3.90. The van der Waals surface area contributed by atoms with Crippen molar-refractivity contribution in [2.45, 2.75) is 18.9 Å². The molecule has 0 fully saturated rings. The van der Waals surface area contributed by atoms with Gasteiger partial charge in [0.05, 0.1) is 0 Å². The molecule has 0 saturated heterocycles. The van der Waals surface area contributed by atoms with Gasteiger partial charge in [0, 0.05) is 16.6 Å². The summed E-state index contributed by atoms with van der Waals surface area (Å²) in [6.45, 7) is 0. The van der Waals surface area contributed by atoms with Gasteiger partial charge in [0.1, 0.15) is 5.82 Å². The van der Waals surface area contributed by atoms with Gasteiger partial charge in [-0.3, -0.25) is 11.3 Å². The van der Waals surface area contributed by atoms with Crippen LogP contribution in [0.15, 0.2) is 35.0 Å². The Morgan fingerprint density at radius 1 is 1.33 bits per heavy atom. The lowest BCUT2D eigenvalue weighted by molar-refractivity contribution is 0.507. The summed E-state index contributed by atoms with van der Waals surface area (Å²) in [4.78, 5) is 0. The summed E-state index contributed by atoms with van der Waals surface area (Å²) in [7, 11) is 0. The zero-order valence-electron chi connectivity index (χ0n) is 9.70. The molecule has 1 aromatic carbocycles. The van der Waals surface area contributed by atoms with Crippen LogP contribution < -0.4 is 11.3 Å². The summed E-state index contributed by atoms with van der Waals surface area (Å²) in [5.74, 6) is 5.24. The summed E-state index contributed by atoms with van der Waals surface area (Å²) in [5.41, 5.74) is 4.42. The Hall–Kier alpha value is -0.940. The van der Waals surface area contributed by atoms with E-state index in [1.165, 1.54) is 11.6 Å². The lowest BCUT2D eigenvalue weighted by atomic mass is 10.0. The number of nitrogens with one attached hydrogen (secondary N) is 1. The lowest BCUT2D eigenvalue weighted by Crippen LogP contribution is -2.38. The van der Waals surface area contributed by atoms with Gasteiger partial charge in [-0.15, -0.1) is 0 Å². The fraction of sp³-hybridized carbons (Fsp3) is 0.231. The number of hydrogen-bond acceptors (Lipinski definition) is 3. The fourth-order valence-electron chi connectivity index (χ4n) is 1.86. The van der Waals surface area contributed by atoms with Crippen LogP contribution in [0, 0.1) is 5.82 Å². The maximum atomic E-state index is 13.7. The number of nitrogens with two attached hydrogens (primary N) is 1. The second kappa shape index (κ2) is 6.29. The van der Waals surface area contributed by atoms with Gasteiger partial charge in [-0.25, -0.2) is 4.39 Å². The molecule has 0 spiro atoms. The van der Waals surface area contributed by atoms with Gasteiger partial charge in [-0.05, 0) is 47.4 Å². The van der Waals surface area contributed by atoms with Crippen LogP contribution in [0.5, 0.6) is 0 Å². The molecular weight excluding hydrogens is 271 g/mol. The van der Waals surface area contributed by atoms with E-state index in [2.05, 4.69) is 10.8 Å². The van der Waals surface area contributed by atoms with Crippen LogP contribution in [-0.4, -0.2) is 6.04 Å². The highest BCUT2D eigenvalue weighted by Gasteiger charge is 2.14. The maximum absolute atomic E-state index is 13.7. The smallest absolute Gasteiger partial charge is 0.127 e. The Kier molecular flexibility index (Phi) is 4.72. The van der Waals surface area contributed by atoms with Crippen LogP contribution in [0.25, 0.3) is 0 Å². The van der Waals surface area contributed by atoms with Crippen molar-refractivity contribution in [2.75, 3.05) is 0 Å². The second-order valence-electron chi connectivity index (χ2n) is 4.10. The van der Waals surface area contributed by atoms with E-state index in [1.54, 1.807) is 23.5 Å². The Morgan fingerprint density at radius 3 is 2.78 bits per heavy atom. The number of thiophene rings is 1. The van der Waals surface area contributed by atoms with Gasteiger partial charge in [0.2, 0.25) is 0 Å². The quantitative estimate of drug-likeness (QED) is 0.654. The van der Waals surface area contributed by atoms with Crippen molar-refractivity contribution in [1.29, 1.82) is 0 Å². The highest BCUT2D eigenvalue weighted by Crippen LogP contribution is 2.21. The molecule has 0 bridgehead atoms. The van der Waals surface area contributed by atoms with Gasteiger partial charge in [0.25, 0.3) is 0 Å². The first-order chi connectivity index (χ1) is 8.70. The third kappa shape index (κ3) is 3.29. The van der Waals surface area contributed by atoms with Crippen LogP contribution in [0.1, 0.15) is 11.1 Å². The van der Waals surface area contributed by atoms with Crippen molar-refractivity contribution >= 4 is 22.9 Å². The minimum atomic E-state index is -0.284.